The molecule has 1 fully saturated rings. The van der Waals surface area contributed by atoms with E-state index in [1.165, 1.54) is 13.3 Å². The normalized spacial score (nSPS) is 23.0. The van der Waals surface area contributed by atoms with Crippen molar-refractivity contribution < 1.29 is 24.2 Å². The highest BCUT2D eigenvalue weighted by Crippen LogP contribution is 2.56. The number of nitrogens with one attached hydrogen (secondary N) is 3. The van der Waals surface area contributed by atoms with E-state index in [4.69, 9.17) is 42.8 Å². The average Bonchev–Trinajstić information content (AvgIpc) is 3.41. The molecule has 0 radical (unpaired) electrons. The predicted octanol–water partition coefficient (Wildman–Crippen LogP) is 5.16. The average molecular weight is 614 g/mol. The van der Waals surface area contributed by atoms with Crippen LogP contribution in [0.25, 0.3) is 0 Å². The number of hydrogen-bond acceptors (Lipinski definition) is 7. The van der Waals surface area contributed by atoms with Crippen molar-refractivity contribution in [1.82, 2.24) is 10.3 Å². The number of methoxy groups -OCH3 is 1. The minimum atomic E-state index is -1.23. The lowest BCUT2D eigenvalue weighted by Gasteiger charge is -2.36. The summed E-state index contributed by atoms with van der Waals surface area (Å²) in [5.74, 6) is -0.401. The van der Waals surface area contributed by atoms with Gasteiger partial charge in [0.15, 0.2) is 0 Å². The molecule has 1 spiro atoms. The molecule has 0 bridgehead atoms. The Morgan fingerprint density at radius 3 is 2.62 bits per heavy atom. The number of benzene rings is 2. The molecular formula is C31H34Cl2N4O5. The van der Waals surface area contributed by atoms with Crippen LogP contribution in [0.15, 0.2) is 54.7 Å². The number of aliphatic hydroxyl groups excluding tert-OH is 1. The Morgan fingerprint density at radius 1 is 1.14 bits per heavy atom. The van der Waals surface area contributed by atoms with Gasteiger partial charge in [0.25, 0.3) is 0 Å². The fraction of sp³-hybridized carbons (Fsp3) is 0.387. The Balaban J connectivity index is 1.63. The smallest absolute Gasteiger partial charge is 0.242 e. The van der Waals surface area contributed by atoms with Crippen LogP contribution in [-0.2, 0) is 15.0 Å². The minimum Gasteiger partial charge on any atom is -0.494 e. The van der Waals surface area contributed by atoms with Crippen molar-refractivity contribution >= 4 is 46.4 Å². The number of pyridine rings is 1. The zero-order valence-corrected chi connectivity index (χ0v) is 25.3. The third-order valence-corrected chi connectivity index (χ3v) is 8.16. The highest BCUT2D eigenvalue weighted by Gasteiger charge is 2.66. The number of carbonyl (C=O) groups is 2. The van der Waals surface area contributed by atoms with E-state index in [1.807, 2.05) is 12.1 Å². The van der Waals surface area contributed by atoms with E-state index in [1.54, 1.807) is 36.4 Å². The van der Waals surface area contributed by atoms with Crippen molar-refractivity contribution in [2.45, 2.75) is 50.6 Å². The molecular weight excluding hydrogens is 579 g/mol. The fourth-order valence-electron chi connectivity index (χ4n) is 6.19. The first-order valence-corrected chi connectivity index (χ1v) is 14.4. The van der Waals surface area contributed by atoms with Gasteiger partial charge in [-0.2, -0.15) is 0 Å². The molecule has 5 rings (SSSR count). The number of fused-ring (bicyclic) bond motifs is 2. The van der Waals surface area contributed by atoms with Crippen LogP contribution in [0, 0.1) is 5.41 Å². The predicted molar refractivity (Wildman–Crippen MR) is 163 cm³/mol. The Labute approximate surface area is 254 Å². The largest absolute Gasteiger partial charge is 0.494 e. The van der Waals surface area contributed by atoms with E-state index in [0.717, 1.165) is 5.56 Å². The first-order chi connectivity index (χ1) is 20.0. The number of nitrogens with zero attached hydrogens (tertiary/aromatic N) is 1. The molecule has 2 amide bonds. The Morgan fingerprint density at radius 2 is 1.93 bits per heavy atom. The first kappa shape index (κ1) is 30.1. The van der Waals surface area contributed by atoms with E-state index in [-0.39, 0.29) is 30.4 Å². The maximum absolute atomic E-state index is 14.2. The summed E-state index contributed by atoms with van der Waals surface area (Å²) in [6.07, 6.45) is 2.11. The highest BCUT2D eigenvalue weighted by molar-refractivity contribution is 6.31. The minimum absolute atomic E-state index is 0.127. The lowest BCUT2D eigenvalue weighted by atomic mass is 9.64. The van der Waals surface area contributed by atoms with Gasteiger partial charge in [-0.05, 0) is 47.7 Å². The maximum Gasteiger partial charge on any atom is 0.242 e. The third-order valence-electron chi connectivity index (χ3n) is 7.72. The molecule has 4 atom stereocenters. The Bertz CT molecular complexity index is 1510. The second kappa shape index (κ2) is 11.7. The Kier molecular flexibility index (Phi) is 8.40. The number of carbonyl (C=O) groups excluding carboxylic acids is 2. The maximum atomic E-state index is 14.2. The van der Waals surface area contributed by atoms with Crippen molar-refractivity contribution in [1.29, 1.82) is 0 Å². The van der Waals surface area contributed by atoms with Crippen molar-refractivity contribution in [3.05, 3.63) is 76.0 Å². The molecule has 2 aliphatic rings. The van der Waals surface area contributed by atoms with Gasteiger partial charge in [-0.1, -0.05) is 56.1 Å². The molecule has 2 aromatic carbocycles. The molecule has 1 unspecified atom stereocenters. The molecule has 0 aliphatic carbocycles. The molecule has 2 aliphatic heterocycles. The van der Waals surface area contributed by atoms with Crippen LogP contribution in [0.5, 0.6) is 11.5 Å². The summed E-state index contributed by atoms with van der Waals surface area (Å²) in [4.78, 5) is 33.2. The SMILES string of the molecule is COc1cc(OCCO)ccc1NC(=O)[C@@H]1N[C@@H](CC(C)(C)C)[C@@]2(C(=O)Nc3cc(Cl)cnc32)C1c1cccc(Cl)c1. The first-order valence-electron chi connectivity index (χ1n) is 13.7. The van der Waals surface area contributed by atoms with E-state index < -0.39 is 23.4 Å². The summed E-state index contributed by atoms with van der Waals surface area (Å²) < 4.78 is 11.0. The van der Waals surface area contributed by atoms with Crippen molar-refractivity contribution in [3.8, 4) is 11.5 Å². The summed E-state index contributed by atoms with van der Waals surface area (Å²) in [6.45, 7) is 6.28. The van der Waals surface area contributed by atoms with Crippen molar-refractivity contribution in [3.63, 3.8) is 0 Å². The van der Waals surface area contributed by atoms with Gasteiger partial charge in [0.1, 0.15) is 23.5 Å². The summed E-state index contributed by atoms with van der Waals surface area (Å²) in [5, 5.41) is 19.5. The Hall–Kier alpha value is -3.37. The molecule has 3 heterocycles. The van der Waals surface area contributed by atoms with Gasteiger partial charge in [-0.15, -0.1) is 0 Å². The lowest BCUT2D eigenvalue weighted by Crippen LogP contribution is -2.50. The molecule has 1 aromatic heterocycles. The van der Waals surface area contributed by atoms with E-state index in [9.17, 15) is 9.59 Å². The number of aliphatic hydroxyl groups is 1. The van der Waals surface area contributed by atoms with Gasteiger partial charge in [0.2, 0.25) is 11.8 Å². The van der Waals surface area contributed by atoms with Gasteiger partial charge < -0.3 is 30.5 Å². The standard InChI is InChI=1S/C31H34Cl2N4O5/c1-30(2,3)15-24-31(27-22(36-29(31)40)13-19(33)16-34-27)25(17-6-5-7-18(32)12-17)26(37-24)28(39)35-21-9-8-20(42-11-10-38)14-23(21)41-4/h5-9,12-14,16,24-26,37-38H,10-11,15H2,1-4H3,(H,35,39)(H,36,40)/t24-,25?,26+,31+/m0/s1. The second-order valence-corrected chi connectivity index (χ2v) is 12.7. The van der Waals surface area contributed by atoms with Crippen LogP contribution in [0.2, 0.25) is 10.0 Å². The van der Waals surface area contributed by atoms with E-state index in [0.29, 0.717) is 45.0 Å². The zero-order valence-electron chi connectivity index (χ0n) is 23.8. The quantitative estimate of drug-likeness (QED) is 0.277. The number of amides is 2. The van der Waals surface area contributed by atoms with Crippen LogP contribution in [0.1, 0.15) is 44.4 Å². The van der Waals surface area contributed by atoms with Gasteiger partial charge in [0, 0.05) is 29.2 Å². The molecule has 4 N–H and O–H groups in total. The summed E-state index contributed by atoms with van der Waals surface area (Å²) >= 11 is 12.7. The fourth-order valence-corrected chi connectivity index (χ4v) is 6.54. The summed E-state index contributed by atoms with van der Waals surface area (Å²) in [6, 6.07) is 12.6. The second-order valence-electron chi connectivity index (χ2n) is 11.8. The van der Waals surface area contributed by atoms with E-state index >= 15 is 0 Å². The lowest BCUT2D eigenvalue weighted by molar-refractivity contribution is -0.122. The highest BCUT2D eigenvalue weighted by atomic mass is 35.5. The van der Waals surface area contributed by atoms with Gasteiger partial charge >= 0.3 is 0 Å². The molecule has 1 saturated heterocycles. The molecule has 42 heavy (non-hydrogen) atoms. The van der Waals surface area contributed by atoms with Crippen LogP contribution in [0.4, 0.5) is 11.4 Å². The number of aromatic nitrogens is 1. The number of rotatable bonds is 8. The van der Waals surface area contributed by atoms with Gasteiger partial charge in [-0.3, -0.25) is 14.6 Å². The number of hydrogen-bond donors (Lipinski definition) is 4. The van der Waals surface area contributed by atoms with Gasteiger partial charge in [-0.25, -0.2) is 0 Å². The molecule has 0 saturated carbocycles. The van der Waals surface area contributed by atoms with Gasteiger partial charge in [0.05, 0.1) is 41.8 Å². The van der Waals surface area contributed by atoms with E-state index in [2.05, 4.69) is 36.7 Å². The number of halogens is 2. The van der Waals surface area contributed by atoms with Crippen LogP contribution < -0.4 is 25.4 Å². The zero-order chi connectivity index (χ0) is 30.2. The van der Waals surface area contributed by atoms with Crippen LogP contribution >= 0.6 is 23.2 Å². The molecule has 11 heteroatoms. The molecule has 9 nitrogen and oxygen atoms in total. The molecule has 3 aromatic rings. The van der Waals surface area contributed by atoms with Crippen molar-refractivity contribution in [2.75, 3.05) is 31.0 Å². The van der Waals surface area contributed by atoms with Crippen molar-refractivity contribution in [2.24, 2.45) is 5.41 Å². The third kappa shape index (κ3) is 5.54. The molecule has 222 valence electrons. The number of ether oxygens (including phenoxy) is 2. The monoisotopic (exact) mass is 612 g/mol. The van der Waals surface area contributed by atoms with Crippen LogP contribution in [-0.4, -0.2) is 54.3 Å². The summed E-state index contributed by atoms with van der Waals surface area (Å²) in [5.41, 5.74) is 0.804. The topological polar surface area (TPSA) is 122 Å². The van der Waals surface area contributed by atoms with Crippen LogP contribution in [0.3, 0.4) is 0 Å². The summed E-state index contributed by atoms with van der Waals surface area (Å²) in [7, 11) is 1.49. The number of anilines is 2.